The van der Waals surface area contributed by atoms with Crippen LogP contribution < -0.4 is 0 Å². The van der Waals surface area contributed by atoms with Crippen molar-refractivity contribution in [2.75, 3.05) is 6.61 Å². The Morgan fingerprint density at radius 1 is 1.15 bits per heavy atom. The van der Waals surface area contributed by atoms with Crippen molar-refractivity contribution < 1.29 is 9.47 Å². The molecule has 1 heterocycles. The van der Waals surface area contributed by atoms with Gasteiger partial charge < -0.3 is 9.47 Å². The Kier molecular flexibility index (Phi) is 2.16. The lowest BCUT2D eigenvalue weighted by atomic mass is 9.87. The van der Waals surface area contributed by atoms with Crippen molar-refractivity contribution in [2.24, 2.45) is 5.41 Å². The van der Waals surface area contributed by atoms with Gasteiger partial charge in [0.05, 0.1) is 12.7 Å². The van der Waals surface area contributed by atoms with Gasteiger partial charge >= 0.3 is 0 Å². The Labute approximate surface area is 80.6 Å². The molecule has 76 valence electrons. The number of hydrogen-bond acceptors (Lipinski definition) is 2. The fraction of sp³-hybridized carbons (Fsp3) is 1.00. The predicted octanol–water partition coefficient (Wildman–Crippen LogP) is 2.72. The Balaban J connectivity index is 2.06. The lowest BCUT2D eigenvalue weighted by Crippen LogP contribution is -2.50. The third-order valence-electron chi connectivity index (χ3n) is 3.56. The summed E-state index contributed by atoms with van der Waals surface area (Å²) in [6.45, 7) is 7.43. The maximum absolute atomic E-state index is 6.03. The third kappa shape index (κ3) is 1.62. The van der Waals surface area contributed by atoms with E-state index in [9.17, 15) is 0 Å². The minimum atomic E-state index is -0.199. The van der Waals surface area contributed by atoms with Gasteiger partial charge in [-0.1, -0.05) is 13.8 Å². The van der Waals surface area contributed by atoms with Crippen molar-refractivity contribution >= 4 is 0 Å². The zero-order valence-electron chi connectivity index (χ0n) is 8.93. The summed E-state index contributed by atoms with van der Waals surface area (Å²) in [5, 5.41) is 0. The van der Waals surface area contributed by atoms with E-state index in [0.29, 0.717) is 6.10 Å². The molecule has 1 aliphatic heterocycles. The average molecular weight is 184 g/mol. The van der Waals surface area contributed by atoms with Gasteiger partial charge in [-0.2, -0.15) is 0 Å². The van der Waals surface area contributed by atoms with Crippen LogP contribution >= 0.6 is 0 Å². The largest absolute Gasteiger partial charge is 0.349 e. The standard InChI is InChI=1S/C11H20O2/c1-9-10(2,3)8-12-11(13-9)6-4-5-7-11/h9H,4-8H2,1-3H3/t9-/m0/s1. The molecule has 1 spiro atoms. The molecule has 0 amide bonds. The summed E-state index contributed by atoms with van der Waals surface area (Å²) in [4.78, 5) is 0. The molecule has 0 radical (unpaired) electrons. The Morgan fingerprint density at radius 2 is 1.77 bits per heavy atom. The molecule has 13 heavy (non-hydrogen) atoms. The molecule has 0 N–H and O–H groups in total. The Morgan fingerprint density at radius 3 is 2.31 bits per heavy atom. The first-order valence-corrected chi connectivity index (χ1v) is 5.36. The predicted molar refractivity (Wildman–Crippen MR) is 51.5 cm³/mol. The van der Waals surface area contributed by atoms with Gasteiger partial charge in [0.2, 0.25) is 0 Å². The van der Waals surface area contributed by atoms with Crippen LogP contribution in [0.4, 0.5) is 0 Å². The van der Waals surface area contributed by atoms with Crippen LogP contribution in [0.5, 0.6) is 0 Å². The highest BCUT2D eigenvalue weighted by molar-refractivity contribution is 4.88. The summed E-state index contributed by atoms with van der Waals surface area (Å²) in [5.41, 5.74) is 0.174. The van der Waals surface area contributed by atoms with Crippen LogP contribution in [0, 0.1) is 5.41 Å². The first kappa shape index (κ1) is 9.47. The maximum atomic E-state index is 6.03. The quantitative estimate of drug-likeness (QED) is 0.576. The summed E-state index contributed by atoms with van der Waals surface area (Å²) in [5.74, 6) is -0.199. The second kappa shape index (κ2) is 2.96. The van der Waals surface area contributed by atoms with Gasteiger partial charge in [0.15, 0.2) is 5.79 Å². The SMILES string of the molecule is C[C@@H]1OC2(CCCC2)OCC1(C)C. The lowest BCUT2D eigenvalue weighted by Gasteiger charge is -2.46. The van der Waals surface area contributed by atoms with Gasteiger partial charge in [0.1, 0.15) is 0 Å². The van der Waals surface area contributed by atoms with E-state index in [1.807, 2.05) is 0 Å². The van der Waals surface area contributed by atoms with Crippen LogP contribution in [0.1, 0.15) is 46.5 Å². The molecule has 0 aromatic rings. The minimum absolute atomic E-state index is 0.174. The summed E-state index contributed by atoms with van der Waals surface area (Å²) in [6, 6.07) is 0. The van der Waals surface area contributed by atoms with Gasteiger partial charge in [-0.25, -0.2) is 0 Å². The molecule has 0 aromatic carbocycles. The summed E-state index contributed by atoms with van der Waals surface area (Å²) >= 11 is 0. The number of rotatable bonds is 0. The van der Waals surface area contributed by atoms with Crippen LogP contribution in [0.15, 0.2) is 0 Å². The molecule has 2 nitrogen and oxygen atoms in total. The zero-order chi connectivity index (χ0) is 9.53. The molecule has 0 unspecified atom stereocenters. The van der Waals surface area contributed by atoms with Crippen molar-refractivity contribution in [2.45, 2.75) is 58.3 Å². The normalized spacial score (nSPS) is 36.7. The highest BCUT2D eigenvalue weighted by Crippen LogP contribution is 2.43. The molecular formula is C11H20O2. The fourth-order valence-electron chi connectivity index (χ4n) is 2.13. The summed E-state index contributed by atoms with van der Waals surface area (Å²) in [7, 11) is 0. The molecule has 1 saturated carbocycles. The van der Waals surface area contributed by atoms with Crippen molar-refractivity contribution in [3.05, 3.63) is 0 Å². The van der Waals surface area contributed by atoms with E-state index in [-0.39, 0.29) is 11.2 Å². The van der Waals surface area contributed by atoms with Crippen molar-refractivity contribution in [3.8, 4) is 0 Å². The minimum Gasteiger partial charge on any atom is -0.349 e. The van der Waals surface area contributed by atoms with Gasteiger partial charge in [-0.05, 0) is 19.8 Å². The van der Waals surface area contributed by atoms with Gasteiger partial charge in [0, 0.05) is 18.3 Å². The first-order chi connectivity index (χ1) is 6.04. The van der Waals surface area contributed by atoms with Gasteiger partial charge in [-0.15, -0.1) is 0 Å². The molecule has 2 aliphatic rings. The van der Waals surface area contributed by atoms with Crippen LogP contribution in [0.25, 0.3) is 0 Å². The monoisotopic (exact) mass is 184 g/mol. The van der Waals surface area contributed by atoms with Crippen molar-refractivity contribution in [3.63, 3.8) is 0 Å². The number of hydrogen-bond donors (Lipinski definition) is 0. The van der Waals surface area contributed by atoms with Crippen LogP contribution in [-0.2, 0) is 9.47 Å². The van der Waals surface area contributed by atoms with Crippen LogP contribution in [0.2, 0.25) is 0 Å². The van der Waals surface area contributed by atoms with E-state index in [0.717, 1.165) is 19.4 Å². The van der Waals surface area contributed by atoms with E-state index in [1.165, 1.54) is 12.8 Å². The smallest absolute Gasteiger partial charge is 0.168 e. The lowest BCUT2D eigenvalue weighted by molar-refractivity contribution is -0.321. The summed E-state index contributed by atoms with van der Waals surface area (Å²) in [6.07, 6.45) is 5.01. The molecule has 0 aromatic heterocycles. The topological polar surface area (TPSA) is 18.5 Å². The Hall–Kier alpha value is -0.0800. The molecule has 1 atom stereocenters. The van der Waals surface area contributed by atoms with E-state index >= 15 is 0 Å². The van der Waals surface area contributed by atoms with E-state index in [4.69, 9.17) is 9.47 Å². The molecule has 0 bridgehead atoms. The van der Waals surface area contributed by atoms with Gasteiger partial charge in [0.25, 0.3) is 0 Å². The second-order valence-corrected chi connectivity index (χ2v) is 5.16. The molecular weight excluding hydrogens is 164 g/mol. The Bertz CT molecular complexity index is 192. The molecule has 2 rings (SSSR count). The fourth-order valence-corrected chi connectivity index (χ4v) is 2.13. The highest BCUT2D eigenvalue weighted by atomic mass is 16.7. The second-order valence-electron chi connectivity index (χ2n) is 5.16. The highest BCUT2D eigenvalue weighted by Gasteiger charge is 2.46. The average Bonchev–Trinajstić information content (AvgIpc) is 2.48. The van der Waals surface area contributed by atoms with Gasteiger partial charge in [-0.3, -0.25) is 0 Å². The third-order valence-corrected chi connectivity index (χ3v) is 3.56. The molecule has 2 heteroatoms. The van der Waals surface area contributed by atoms with E-state index in [2.05, 4.69) is 20.8 Å². The van der Waals surface area contributed by atoms with E-state index < -0.39 is 0 Å². The molecule has 1 saturated heterocycles. The van der Waals surface area contributed by atoms with Crippen LogP contribution in [0.3, 0.4) is 0 Å². The molecule has 1 aliphatic carbocycles. The zero-order valence-corrected chi connectivity index (χ0v) is 8.93. The van der Waals surface area contributed by atoms with Crippen LogP contribution in [-0.4, -0.2) is 18.5 Å². The maximum Gasteiger partial charge on any atom is 0.168 e. The van der Waals surface area contributed by atoms with Crippen molar-refractivity contribution in [1.29, 1.82) is 0 Å². The van der Waals surface area contributed by atoms with E-state index in [1.54, 1.807) is 0 Å². The first-order valence-electron chi connectivity index (χ1n) is 5.36. The molecule has 2 fully saturated rings. The summed E-state index contributed by atoms with van der Waals surface area (Å²) < 4.78 is 11.9. The number of ether oxygens (including phenoxy) is 2. The van der Waals surface area contributed by atoms with Crippen molar-refractivity contribution in [1.82, 2.24) is 0 Å².